The zero-order chi connectivity index (χ0) is 24.1. The average Bonchev–Trinajstić information content (AvgIpc) is 2.86. The van der Waals surface area contributed by atoms with Crippen LogP contribution in [-0.4, -0.2) is 54.8 Å². The number of carbonyl (C=O) groups excluding carboxylic acids is 2. The van der Waals surface area contributed by atoms with Crippen LogP contribution in [0.2, 0.25) is 0 Å². The maximum atomic E-state index is 12.5. The largest absolute Gasteiger partial charge is 0.495 e. The molecule has 0 aliphatic carbocycles. The second-order valence-corrected chi connectivity index (χ2v) is 8.02. The molecule has 9 heteroatoms. The normalized spacial score (nSPS) is 13.5. The molecule has 0 radical (unpaired) electrons. The highest BCUT2D eigenvalue weighted by atomic mass is 16.5. The number of anilines is 3. The fourth-order valence-corrected chi connectivity index (χ4v) is 3.91. The number of nitrogens with zero attached hydrogens (tertiary/aromatic N) is 4. The summed E-state index contributed by atoms with van der Waals surface area (Å²) < 4.78 is 6.64. The van der Waals surface area contributed by atoms with E-state index in [9.17, 15) is 14.4 Å². The summed E-state index contributed by atoms with van der Waals surface area (Å²) in [6.07, 6.45) is 0. The number of Topliss-reactive ketones (excluding diaryl/α,β-unsaturated/α-hetero) is 1. The number of rotatable bonds is 7. The van der Waals surface area contributed by atoms with Crippen molar-refractivity contribution in [2.75, 3.05) is 48.4 Å². The summed E-state index contributed by atoms with van der Waals surface area (Å²) in [6, 6.07) is 17.7. The van der Waals surface area contributed by atoms with E-state index >= 15 is 0 Å². The van der Waals surface area contributed by atoms with Crippen molar-refractivity contribution in [1.82, 2.24) is 9.78 Å². The molecule has 1 amide bonds. The van der Waals surface area contributed by atoms with Gasteiger partial charge in [-0.25, -0.2) is 4.68 Å². The maximum absolute atomic E-state index is 12.5. The zero-order valence-corrected chi connectivity index (χ0v) is 19.2. The number of ketones is 1. The van der Waals surface area contributed by atoms with Gasteiger partial charge < -0.3 is 19.9 Å². The number of methoxy groups -OCH3 is 1. The molecule has 2 heterocycles. The van der Waals surface area contributed by atoms with Gasteiger partial charge in [0.1, 0.15) is 18.1 Å². The van der Waals surface area contributed by atoms with Gasteiger partial charge in [-0.3, -0.25) is 14.4 Å². The van der Waals surface area contributed by atoms with Crippen LogP contribution >= 0.6 is 0 Å². The van der Waals surface area contributed by atoms with E-state index in [4.69, 9.17) is 4.74 Å². The van der Waals surface area contributed by atoms with Gasteiger partial charge in [-0.15, -0.1) is 0 Å². The monoisotopic (exact) mass is 461 g/mol. The Morgan fingerprint density at radius 3 is 2.29 bits per heavy atom. The minimum absolute atomic E-state index is 0.0471. The number of nitrogens with one attached hydrogen (secondary N) is 1. The first kappa shape index (κ1) is 23.0. The zero-order valence-electron chi connectivity index (χ0n) is 19.2. The van der Waals surface area contributed by atoms with Crippen LogP contribution in [0.4, 0.5) is 17.2 Å². The minimum Gasteiger partial charge on any atom is -0.495 e. The lowest BCUT2D eigenvalue weighted by Crippen LogP contribution is -2.47. The Kier molecular flexibility index (Phi) is 6.91. The highest BCUT2D eigenvalue weighted by Crippen LogP contribution is 2.28. The van der Waals surface area contributed by atoms with Gasteiger partial charge in [0.25, 0.3) is 5.56 Å². The molecule has 2 aromatic carbocycles. The lowest BCUT2D eigenvalue weighted by atomic mass is 10.1. The molecule has 4 rings (SSSR count). The molecule has 1 aliphatic rings. The molecule has 0 saturated carbocycles. The number of benzene rings is 2. The summed E-state index contributed by atoms with van der Waals surface area (Å²) in [7, 11) is 1.67. The van der Waals surface area contributed by atoms with E-state index in [1.807, 2.05) is 24.3 Å². The molecule has 3 aromatic rings. The van der Waals surface area contributed by atoms with E-state index in [2.05, 4.69) is 20.2 Å². The summed E-state index contributed by atoms with van der Waals surface area (Å²) >= 11 is 0. The third-order valence-electron chi connectivity index (χ3n) is 5.75. The van der Waals surface area contributed by atoms with Crippen molar-refractivity contribution in [3.05, 3.63) is 76.6 Å². The molecule has 0 spiro atoms. The highest BCUT2D eigenvalue weighted by Gasteiger charge is 2.21. The third-order valence-corrected chi connectivity index (χ3v) is 5.75. The SMILES string of the molecule is COc1ccccc1N1CCN(c2ccc(=O)n(CC(=O)Nc3ccc(C(C)=O)cc3)n2)CC1. The summed E-state index contributed by atoms with van der Waals surface area (Å²) in [5.41, 5.74) is 1.81. The van der Waals surface area contributed by atoms with Crippen LogP contribution in [0, 0.1) is 0 Å². The molecule has 9 nitrogen and oxygen atoms in total. The Bertz CT molecular complexity index is 1230. The van der Waals surface area contributed by atoms with Gasteiger partial charge in [-0.05, 0) is 49.4 Å². The van der Waals surface area contributed by atoms with Gasteiger partial charge >= 0.3 is 0 Å². The van der Waals surface area contributed by atoms with Crippen LogP contribution in [0.25, 0.3) is 0 Å². The van der Waals surface area contributed by atoms with E-state index in [0.29, 0.717) is 17.1 Å². The first-order valence-corrected chi connectivity index (χ1v) is 11.1. The molecule has 0 bridgehead atoms. The Labute approximate surface area is 197 Å². The minimum atomic E-state index is -0.372. The predicted molar refractivity (Wildman–Crippen MR) is 131 cm³/mol. The highest BCUT2D eigenvalue weighted by molar-refractivity contribution is 5.95. The number of amides is 1. The van der Waals surface area contributed by atoms with Crippen LogP contribution in [0.3, 0.4) is 0 Å². The summed E-state index contributed by atoms with van der Waals surface area (Å²) in [4.78, 5) is 40.6. The fraction of sp³-hybridized carbons (Fsp3) is 0.280. The number of para-hydroxylation sites is 2. The summed E-state index contributed by atoms with van der Waals surface area (Å²) in [5, 5.41) is 7.16. The third kappa shape index (κ3) is 5.25. The van der Waals surface area contributed by atoms with E-state index in [-0.39, 0.29) is 23.8 Å². The lowest BCUT2D eigenvalue weighted by molar-refractivity contribution is -0.117. The molecule has 34 heavy (non-hydrogen) atoms. The van der Waals surface area contributed by atoms with E-state index < -0.39 is 0 Å². The van der Waals surface area contributed by atoms with Crippen LogP contribution in [0.15, 0.2) is 65.5 Å². The van der Waals surface area contributed by atoms with Crippen molar-refractivity contribution in [2.24, 2.45) is 0 Å². The number of carbonyl (C=O) groups is 2. The van der Waals surface area contributed by atoms with Gasteiger partial charge in [0.2, 0.25) is 5.91 Å². The lowest BCUT2D eigenvalue weighted by Gasteiger charge is -2.37. The van der Waals surface area contributed by atoms with Crippen molar-refractivity contribution in [3.8, 4) is 5.75 Å². The first-order valence-electron chi connectivity index (χ1n) is 11.1. The van der Waals surface area contributed by atoms with Gasteiger partial charge in [-0.2, -0.15) is 5.10 Å². The van der Waals surface area contributed by atoms with Gasteiger partial charge in [0, 0.05) is 43.5 Å². The summed E-state index contributed by atoms with van der Waals surface area (Å²) in [5.74, 6) is 1.07. The molecule has 0 atom stereocenters. The molecule has 1 N–H and O–H groups in total. The first-order chi connectivity index (χ1) is 16.4. The van der Waals surface area contributed by atoms with Gasteiger partial charge in [-0.1, -0.05) is 12.1 Å². The predicted octanol–water partition coefficient (Wildman–Crippen LogP) is 2.42. The maximum Gasteiger partial charge on any atom is 0.267 e. The standard InChI is InChI=1S/C25H27N5O4/c1-18(31)19-7-9-20(10-8-19)26-24(32)17-30-25(33)12-11-23(27-30)29-15-13-28(14-16-29)21-5-3-4-6-22(21)34-2/h3-12H,13-17H2,1-2H3,(H,26,32). The topological polar surface area (TPSA) is 96.8 Å². The Balaban J connectivity index is 1.40. The second-order valence-electron chi connectivity index (χ2n) is 8.02. The number of piperazine rings is 1. The van der Waals surface area contributed by atoms with Crippen LogP contribution < -0.4 is 25.4 Å². The number of aromatic nitrogens is 2. The Morgan fingerprint density at radius 2 is 1.62 bits per heavy atom. The Hall–Kier alpha value is -4.14. The quantitative estimate of drug-likeness (QED) is 0.540. The van der Waals surface area contributed by atoms with Crippen molar-refractivity contribution in [2.45, 2.75) is 13.5 Å². The van der Waals surface area contributed by atoms with E-state index in [1.165, 1.54) is 17.7 Å². The molecular formula is C25H27N5O4. The van der Waals surface area contributed by atoms with Crippen LogP contribution in [-0.2, 0) is 11.3 Å². The summed E-state index contributed by atoms with van der Waals surface area (Å²) in [6.45, 7) is 4.27. The van der Waals surface area contributed by atoms with Crippen molar-refractivity contribution in [3.63, 3.8) is 0 Å². The van der Waals surface area contributed by atoms with Crippen LogP contribution in [0.1, 0.15) is 17.3 Å². The average molecular weight is 462 g/mol. The molecule has 1 fully saturated rings. The van der Waals surface area contributed by atoms with E-state index in [1.54, 1.807) is 37.4 Å². The molecule has 176 valence electrons. The second kappa shape index (κ2) is 10.2. The van der Waals surface area contributed by atoms with Crippen molar-refractivity contribution in [1.29, 1.82) is 0 Å². The smallest absolute Gasteiger partial charge is 0.267 e. The van der Waals surface area contributed by atoms with E-state index in [0.717, 1.165) is 37.6 Å². The van der Waals surface area contributed by atoms with Crippen LogP contribution in [0.5, 0.6) is 5.75 Å². The molecule has 1 aliphatic heterocycles. The van der Waals surface area contributed by atoms with Crippen molar-refractivity contribution >= 4 is 28.9 Å². The number of ether oxygens (including phenoxy) is 1. The Morgan fingerprint density at radius 1 is 0.941 bits per heavy atom. The fourth-order valence-electron chi connectivity index (χ4n) is 3.91. The van der Waals surface area contributed by atoms with Gasteiger partial charge in [0.05, 0.1) is 12.8 Å². The van der Waals surface area contributed by atoms with Crippen molar-refractivity contribution < 1.29 is 14.3 Å². The van der Waals surface area contributed by atoms with Gasteiger partial charge in [0.15, 0.2) is 5.78 Å². The molecule has 1 saturated heterocycles. The number of hydrogen-bond acceptors (Lipinski definition) is 7. The number of hydrogen-bond donors (Lipinski definition) is 1. The molecule has 0 unspecified atom stereocenters. The molecular weight excluding hydrogens is 434 g/mol. The molecule has 1 aromatic heterocycles.